The van der Waals surface area contributed by atoms with Crippen molar-refractivity contribution in [2.75, 3.05) is 20.9 Å². The average Bonchev–Trinajstić information content (AvgIpc) is 2.91. The fourth-order valence-corrected chi connectivity index (χ4v) is 6.73. The molecule has 0 aromatic heterocycles. The van der Waals surface area contributed by atoms with Crippen molar-refractivity contribution in [1.82, 2.24) is 0 Å². The van der Waals surface area contributed by atoms with Crippen LogP contribution in [0.15, 0.2) is 101 Å². The maximum Gasteiger partial charge on any atom is 0.264 e. The van der Waals surface area contributed by atoms with Crippen LogP contribution in [0.25, 0.3) is 0 Å². The number of nitrogens with one attached hydrogen (secondary N) is 2. The van der Waals surface area contributed by atoms with E-state index in [0.29, 0.717) is 22.6 Å². The van der Waals surface area contributed by atoms with E-state index in [-0.39, 0.29) is 9.79 Å². The first-order valence-electron chi connectivity index (χ1n) is 12.5. The number of amides is 1. The van der Waals surface area contributed by atoms with Gasteiger partial charge >= 0.3 is 0 Å². The van der Waals surface area contributed by atoms with Crippen molar-refractivity contribution in [3.05, 3.63) is 113 Å². The van der Waals surface area contributed by atoms with Crippen LogP contribution in [0.3, 0.4) is 0 Å². The Balaban J connectivity index is 1.56. The first kappa shape index (κ1) is 28.8. The van der Waals surface area contributed by atoms with E-state index in [9.17, 15) is 21.6 Å². The quantitative estimate of drug-likeness (QED) is 0.271. The normalized spacial score (nSPS) is 11.6. The highest BCUT2D eigenvalue weighted by Crippen LogP contribution is 2.28. The molecule has 0 bridgehead atoms. The summed E-state index contributed by atoms with van der Waals surface area (Å²) < 4.78 is 56.8. The second-order valence-corrected chi connectivity index (χ2v) is 13.2. The van der Waals surface area contributed by atoms with Crippen LogP contribution < -0.4 is 14.3 Å². The first-order chi connectivity index (χ1) is 18.9. The van der Waals surface area contributed by atoms with Gasteiger partial charge in [-0.3, -0.25) is 13.8 Å². The van der Waals surface area contributed by atoms with Crippen molar-refractivity contribution in [3.8, 4) is 0 Å². The van der Waals surface area contributed by atoms with E-state index in [2.05, 4.69) is 10.0 Å². The Morgan fingerprint density at radius 1 is 0.700 bits per heavy atom. The molecular weight excluding hydrogens is 546 g/mol. The number of nitrogens with zero attached hydrogens (tertiary/aromatic N) is 1. The van der Waals surface area contributed by atoms with Gasteiger partial charge in [0.25, 0.3) is 20.0 Å². The second-order valence-electron chi connectivity index (χ2n) is 9.61. The molecule has 2 N–H and O–H groups in total. The molecule has 0 heterocycles. The molecule has 208 valence electrons. The molecule has 4 aromatic carbocycles. The zero-order chi connectivity index (χ0) is 29.1. The van der Waals surface area contributed by atoms with Crippen LogP contribution in [0.2, 0.25) is 0 Å². The topological polar surface area (TPSA) is 113 Å². The molecule has 0 aliphatic carbocycles. The lowest BCUT2D eigenvalue weighted by Gasteiger charge is -2.26. The molecule has 10 heteroatoms. The summed E-state index contributed by atoms with van der Waals surface area (Å²) in [4.78, 5) is 13.2. The second kappa shape index (κ2) is 11.5. The number of rotatable bonds is 9. The van der Waals surface area contributed by atoms with Gasteiger partial charge in [-0.25, -0.2) is 16.8 Å². The van der Waals surface area contributed by atoms with Crippen LogP contribution in [-0.2, 0) is 24.8 Å². The van der Waals surface area contributed by atoms with Gasteiger partial charge in [-0.1, -0.05) is 42.5 Å². The van der Waals surface area contributed by atoms with Crippen LogP contribution in [0, 0.1) is 27.7 Å². The van der Waals surface area contributed by atoms with Gasteiger partial charge < -0.3 is 5.32 Å². The molecule has 4 rings (SSSR count). The molecule has 0 aliphatic rings. The van der Waals surface area contributed by atoms with Crippen molar-refractivity contribution in [3.63, 3.8) is 0 Å². The molecule has 8 nitrogen and oxygen atoms in total. The summed E-state index contributed by atoms with van der Waals surface area (Å²) in [6.07, 6.45) is 0. The van der Waals surface area contributed by atoms with E-state index in [0.717, 1.165) is 21.0 Å². The number of carbonyl (C=O) groups is 1. The molecule has 0 aliphatic heterocycles. The van der Waals surface area contributed by atoms with Gasteiger partial charge in [0.05, 0.1) is 21.2 Å². The smallest absolute Gasteiger partial charge is 0.264 e. The molecule has 40 heavy (non-hydrogen) atoms. The Bertz CT molecular complexity index is 1750. The monoisotopic (exact) mass is 577 g/mol. The van der Waals surface area contributed by atoms with E-state index in [1.165, 1.54) is 36.4 Å². The average molecular weight is 578 g/mol. The fourth-order valence-electron chi connectivity index (χ4n) is 4.11. The van der Waals surface area contributed by atoms with Gasteiger partial charge in [0.1, 0.15) is 6.54 Å². The minimum absolute atomic E-state index is 0.0232. The predicted octanol–water partition coefficient (Wildman–Crippen LogP) is 5.56. The minimum Gasteiger partial charge on any atom is -0.325 e. The third-order valence-electron chi connectivity index (χ3n) is 6.34. The van der Waals surface area contributed by atoms with Crippen LogP contribution >= 0.6 is 0 Å². The molecular formula is C30H31N3O5S2. The number of sulfonamides is 2. The number of hydrogen-bond donors (Lipinski definition) is 2. The highest BCUT2D eigenvalue weighted by molar-refractivity contribution is 7.93. The molecule has 0 unspecified atom stereocenters. The summed E-state index contributed by atoms with van der Waals surface area (Å²) in [5.41, 5.74) is 4.47. The molecule has 0 saturated carbocycles. The van der Waals surface area contributed by atoms with Crippen LogP contribution in [0.5, 0.6) is 0 Å². The van der Waals surface area contributed by atoms with E-state index in [1.807, 2.05) is 45.0 Å². The molecule has 0 atom stereocenters. The zero-order valence-electron chi connectivity index (χ0n) is 22.7. The van der Waals surface area contributed by atoms with Crippen molar-refractivity contribution in [1.29, 1.82) is 0 Å². The number of benzene rings is 4. The lowest BCUT2D eigenvalue weighted by molar-refractivity contribution is -0.114. The summed E-state index contributed by atoms with van der Waals surface area (Å²) in [6.45, 7) is 6.85. The molecule has 0 radical (unpaired) electrons. The summed E-state index contributed by atoms with van der Waals surface area (Å²) in [5.74, 6) is -0.579. The van der Waals surface area contributed by atoms with Crippen molar-refractivity contribution in [2.24, 2.45) is 0 Å². The van der Waals surface area contributed by atoms with E-state index >= 15 is 0 Å². The van der Waals surface area contributed by atoms with Gasteiger partial charge in [0.15, 0.2) is 0 Å². The van der Waals surface area contributed by atoms with Crippen LogP contribution in [-0.4, -0.2) is 29.3 Å². The Morgan fingerprint density at radius 2 is 1.30 bits per heavy atom. The molecule has 0 spiro atoms. The lowest BCUT2D eigenvalue weighted by atomic mass is 10.1. The maximum absolute atomic E-state index is 13.6. The zero-order valence-corrected chi connectivity index (χ0v) is 24.3. The molecule has 1 amide bonds. The van der Waals surface area contributed by atoms with Crippen molar-refractivity contribution >= 4 is 43.0 Å². The van der Waals surface area contributed by atoms with Gasteiger partial charge in [-0.05, 0) is 98.5 Å². The van der Waals surface area contributed by atoms with Crippen molar-refractivity contribution in [2.45, 2.75) is 37.5 Å². The van der Waals surface area contributed by atoms with Crippen LogP contribution in [0.4, 0.5) is 17.1 Å². The third kappa shape index (κ3) is 6.52. The Morgan fingerprint density at radius 3 is 1.95 bits per heavy atom. The number of hydrogen-bond acceptors (Lipinski definition) is 5. The highest BCUT2D eigenvalue weighted by atomic mass is 32.2. The largest absolute Gasteiger partial charge is 0.325 e. The summed E-state index contributed by atoms with van der Waals surface area (Å²) in [7, 11) is -7.92. The van der Waals surface area contributed by atoms with Gasteiger partial charge in [-0.15, -0.1) is 0 Å². The van der Waals surface area contributed by atoms with Gasteiger partial charge in [0, 0.05) is 5.69 Å². The lowest BCUT2D eigenvalue weighted by Crippen LogP contribution is -2.38. The molecule has 4 aromatic rings. The van der Waals surface area contributed by atoms with E-state index in [1.54, 1.807) is 37.3 Å². The summed E-state index contributed by atoms with van der Waals surface area (Å²) >= 11 is 0. The van der Waals surface area contributed by atoms with Crippen molar-refractivity contribution < 1.29 is 21.6 Å². The molecule has 0 saturated heterocycles. The number of carbonyl (C=O) groups excluding carboxylic acids is 1. The SMILES string of the molecule is Cc1ccc(C)c(NS(=O)(=O)c2ccc(NC(=O)CN(c3cc(C)ccc3C)S(=O)(=O)c3ccccc3)cc2)c1. The standard InChI is InChI=1S/C30H31N3O5S2/c1-21-10-12-23(3)28(18-21)32-39(35,36)26-16-14-25(15-17-26)31-30(34)20-33(29-19-22(2)11-13-24(29)4)40(37,38)27-8-6-5-7-9-27/h5-19,32H,20H2,1-4H3,(H,31,34). The van der Waals surface area contributed by atoms with E-state index < -0.39 is 32.5 Å². The highest BCUT2D eigenvalue weighted by Gasteiger charge is 2.28. The maximum atomic E-state index is 13.6. The van der Waals surface area contributed by atoms with Gasteiger partial charge in [0.2, 0.25) is 5.91 Å². The summed E-state index contributed by atoms with van der Waals surface area (Å²) in [6, 6.07) is 24.5. The predicted molar refractivity (Wildman–Crippen MR) is 159 cm³/mol. The minimum atomic E-state index is -4.06. The fraction of sp³-hybridized carbons (Fsp3) is 0.167. The molecule has 0 fully saturated rings. The number of anilines is 3. The Labute approximate surface area is 235 Å². The third-order valence-corrected chi connectivity index (χ3v) is 9.49. The number of aryl methyl sites for hydroxylation is 4. The van der Waals surface area contributed by atoms with Gasteiger partial charge in [-0.2, -0.15) is 0 Å². The first-order valence-corrected chi connectivity index (χ1v) is 15.4. The summed E-state index contributed by atoms with van der Waals surface area (Å²) in [5, 5.41) is 2.68. The van der Waals surface area contributed by atoms with E-state index in [4.69, 9.17) is 0 Å². The Kier molecular flexibility index (Phi) is 8.32. The Hall–Kier alpha value is -4.15. The van der Waals surface area contributed by atoms with Crippen LogP contribution in [0.1, 0.15) is 22.3 Å².